The monoisotopic (exact) mass is 229 g/mol. The van der Waals surface area contributed by atoms with Crippen molar-refractivity contribution >= 4 is 10.8 Å². The molecule has 17 heavy (non-hydrogen) atoms. The van der Waals surface area contributed by atoms with E-state index < -0.39 is 6.10 Å². The highest BCUT2D eigenvalue weighted by molar-refractivity contribution is 5.85. The number of aromatic nitrogens is 1. The Morgan fingerprint density at radius 1 is 1.29 bits per heavy atom. The van der Waals surface area contributed by atoms with Crippen LogP contribution in [0.5, 0.6) is 0 Å². The maximum Gasteiger partial charge on any atom is 0.0847 e. The lowest BCUT2D eigenvalue weighted by molar-refractivity contribution is 0.0477. The Morgan fingerprint density at radius 2 is 2.06 bits per heavy atom. The Hall–Kier alpha value is -1.41. The van der Waals surface area contributed by atoms with E-state index in [4.69, 9.17) is 0 Å². The lowest BCUT2D eigenvalue weighted by atomic mass is 9.79. The highest BCUT2D eigenvalue weighted by Gasteiger charge is 2.28. The van der Waals surface area contributed by atoms with Gasteiger partial charge in [-0.2, -0.15) is 0 Å². The number of nitrogens with zero attached hydrogens (tertiary/aromatic N) is 1. The van der Waals surface area contributed by atoms with E-state index in [2.05, 4.69) is 25.8 Å². The van der Waals surface area contributed by atoms with Gasteiger partial charge in [-0.1, -0.05) is 39.0 Å². The Bertz CT molecular complexity index is 514. The van der Waals surface area contributed by atoms with Crippen LogP contribution in [0.1, 0.15) is 38.9 Å². The van der Waals surface area contributed by atoms with Crippen LogP contribution in [0, 0.1) is 5.41 Å². The summed E-state index contributed by atoms with van der Waals surface area (Å²) in [5.74, 6) is 0. The summed E-state index contributed by atoms with van der Waals surface area (Å²) in [6.45, 7) is 6.28. The van der Waals surface area contributed by atoms with Crippen LogP contribution in [0.25, 0.3) is 10.8 Å². The van der Waals surface area contributed by atoms with Gasteiger partial charge in [-0.25, -0.2) is 0 Å². The predicted molar refractivity (Wildman–Crippen MR) is 70.8 cm³/mol. The van der Waals surface area contributed by atoms with Crippen molar-refractivity contribution in [2.75, 3.05) is 0 Å². The third kappa shape index (κ3) is 2.18. The number of pyridine rings is 1. The molecule has 2 rings (SSSR count). The lowest BCUT2D eigenvalue weighted by Crippen LogP contribution is -2.21. The van der Waals surface area contributed by atoms with Gasteiger partial charge in [0.2, 0.25) is 0 Å². The molecule has 0 spiro atoms. The van der Waals surface area contributed by atoms with Gasteiger partial charge in [-0.05, 0) is 28.9 Å². The highest BCUT2D eigenvalue weighted by atomic mass is 16.3. The average Bonchev–Trinajstić information content (AvgIpc) is 2.37. The normalized spacial score (nSPS) is 13.9. The Kier molecular flexibility index (Phi) is 3.16. The summed E-state index contributed by atoms with van der Waals surface area (Å²) in [7, 11) is 0. The minimum atomic E-state index is -0.458. The fraction of sp³-hybridized carbons (Fsp3) is 0.400. The van der Waals surface area contributed by atoms with E-state index in [1.54, 1.807) is 6.20 Å². The molecule has 0 aliphatic rings. The summed E-state index contributed by atoms with van der Waals surface area (Å²) in [5.41, 5.74) is 0.854. The summed E-state index contributed by atoms with van der Waals surface area (Å²) in [6.07, 6.45) is 4.09. The molecule has 0 aliphatic heterocycles. The quantitative estimate of drug-likeness (QED) is 0.870. The molecule has 1 aromatic carbocycles. The van der Waals surface area contributed by atoms with Crippen molar-refractivity contribution in [3.05, 3.63) is 42.2 Å². The molecule has 0 aliphatic carbocycles. The van der Waals surface area contributed by atoms with Gasteiger partial charge in [0.25, 0.3) is 0 Å². The maximum absolute atomic E-state index is 10.5. The van der Waals surface area contributed by atoms with Crippen LogP contribution >= 0.6 is 0 Å². The van der Waals surface area contributed by atoms with E-state index in [-0.39, 0.29) is 5.41 Å². The van der Waals surface area contributed by atoms with Crippen molar-refractivity contribution in [2.24, 2.45) is 5.41 Å². The largest absolute Gasteiger partial charge is 0.388 e. The first kappa shape index (κ1) is 12.1. The first-order chi connectivity index (χ1) is 8.06. The van der Waals surface area contributed by atoms with Crippen LogP contribution in [0.15, 0.2) is 36.7 Å². The van der Waals surface area contributed by atoms with Gasteiger partial charge in [-0.15, -0.1) is 0 Å². The van der Waals surface area contributed by atoms with Crippen LogP contribution in [0.3, 0.4) is 0 Å². The van der Waals surface area contributed by atoms with Crippen molar-refractivity contribution in [1.29, 1.82) is 0 Å². The summed E-state index contributed by atoms with van der Waals surface area (Å²) in [5, 5.41) is 12.7. The first-order valence-corrected chi connectivity index (χ1v) is 6.07. The molecular formula is C15H19NO. The number of fused-ring (bicyclic) bond motifs is 1. The number of aliphatic hydroxyl groups is 1. The second-order valence-electron chi connectivity index (χ2n) is 5.19. The van der Waals surface area contributed by atoms with E-state index in [0.717, 1.165) is 22.8 Å². The van der Waals surface area contributed by atoms with Crippen LogP contribution < -0.4 is 0 Å². The fourth-order valence-corrected chi connectivity index (χ4v) is 1.99. The number of hydrogen-bond donors (Lipinski definition) is 1. The van der Waals surface area contributed by atoms with Crippen molar-refractivity contribution in [2.45, 2.75) is 33.3 Å². The van der Waals surface area contributed by atoms with Crippen LogP contribution in [-0.4, -0.2) is 10.1 Å². The van der Waals surface area contributed by atoms with Crippen LogP contribution in [0.4, 0.5) is 0 Å². The van der Waals surface area contributed by atoms with Gasteiger partial charge in [-0.3, -0.25) is 4.98 Å². The minimum Gasteiger partial charge on any atom is -0.388 e. The second kappa shape index (κ2) is 4.46. The molecule has 0 bridgehead atoms. The topological polar surface area (TPSA) is 33.1 Å². The molecule has 1 heterocycles. The highest BCUT2D eigenvalue weighted by Crippen LogP contribution is 2.38. The Balaban J connectivity index is 2.56. The van der Waals surface area contributed by atoms with Gasteiger partial charge in [0.05, 0.1) is 6.10 Å². The summed E-state index contributed by atoms with van der Waals surface area (Å²) >= 11 is 0. The second-order valence-corrected chi connectivity index (χ2v) is 5.19. The van der Waals surface area contributed by atoms with Gasteiger partial charge in [0, 0.05) is 17.8 Å². The van der Waals surface area contributed by atoms with Crippen molar-refractivity contribution in [1.82, 2.24) is 4.98 Å². The average molecular weight is 229 g/mol. The Labute approximate surface area is 102 Å². The smallest absolute Gasteiger partial charge is 0.0847 e. The van der Waals surface area contributed by atoms with E-state index in [1.807, 2.05) is 30.5 Å². The van der Waals surface area contributed by atoms with Gasteiger partial charge >= 0.3 is 0 Å². The van der Waals surface area contributed by atoms with E-state index >= 15 is 0 Å². The molecule has 0 fully saturated rings. The molecular weight excluding hydrogens is 210 g/mol. The molecule has 1 atom stereocenters. The zero-order valence-electron chi connectivity index (χ0n) is 10.6. The molecule has 90 valence electrons. The molecule has 2 heteroatoms. The van der Waals surface area contributed by atoms with Crippen LogP contribution in [0.2, 0.25) is 0 Å². The molecule has 0 radical (unpaired) electrons. The molecule has 0 amide bonds. The van der Waals surface area contributed by atoms with E-state index in [0.29, 0.717) is 0 Å². The van der Waals surface area contributed by atoms with Crippen molar-refractivity contribution in [3.63, 3.8) is 0 Å². The lowest BCUT2D eigenvalue weighted by Gasteiger charge is -2.30. The molecule has 0 saturated heterocycles. The molecule has 2 aromatic rings. The summed E-state index contributed by atoms with van der Waals surface area (Å²) in [4.78, 5) is 4.15. The van der Waals surface area contributed by atoms with Gasteiger partial charge in [0.15, 0.2) is 0 Å². The van der Waals surface area contributed by atoms with Gasteiger partial charge in [0.1, 0.15) is 0 Å². The molecule has 0 saturated carbocycles. The van der Waals surface area contributed by atoms with Crippen molar-refractivity contribution < 1.29 is 5.11 Å². The minimum absolute atomic E-state index is 0.121. The molecule has 2 nitrogen and oxygen atoms in total. The summed E-state index contributed by atoms with van der Waals surface area (Å²) < 4.78 is 0. The number of benzene rings is 1. The number of hydrogen-bond acceptors (Lipinski definition) is 2. The SMILES string of the molecule is CCC(C)(C)C(O)c1cccc2ccncc12. The molecule has 1 aromatic heterocycles. The predicted octanol–water partition coefficient (Wildman–Crippen LogP) is 3.70. The zero-order valence-corrected chi connectivity index (χ0v) is 10.6. The van der Waals surface area contributed by atoms with Crippen LogP contribution in [-0.2, 0) is 0 Å². The standard InChI is InChI=1S/C15H19NO/c1-4-15(2,3)14(17)12-7-5-6-11-8-9-16-10-13(11)12/h5-10,14,17H,4H2,1-3H3. The van der Waals surface area contributed by atoms with E-state index in [1.165, 1.54) is 0 Å². The third-order valence-electron chi connectivity index (χ3n) is 3.66. The Morgan fingerprint density at radius 3 is 2.76 bits per heavy atom. The van der Waals surface area contributed by atoms with E-state index in [9.17, 15) is 5.11 Å². The summed E-state index contributed by atoms with van der Waals surface area (Å²) in [6, 6.07) is 8.01. The molecule has 1 N–H and O–H groups in total. The fourth-order valence-electron chi connectivity index (χ4n) is 1.99. The van der Waals surface area contributed by atoms with Gasteiger partial charge < -0.3 is 5.11 Å². The molecule has 1 unspecified atom stereocenters. The number of rotatable bonds is 3. The zero-order chi connectivity index (χ0) is 12.5. The third-order valence-corrected chi connectivity index (χ3v) is 3.66. The maximum atomic E-state index is 10.5. The number of aliphatic hydroxyl groups excluding tert-OH is 1. The first-order valence-electron chi connectivity index (χ1n) is 6.07. The van der Waals surface area contributed by atoms with Crippen molar-refractivity contribution in [3.8, 4) is 0 Å².